The van der Waals surface area contributed by atoms with Gasteiger partial charge < -0.3 is 19.5 Å². The molecule has 1 aliphatic carbocycles. The number of alkyl carbamates (subject to hydrolysis) is 1. The Bertz CT molecular complexity index is 948. The van der Waals surface area contributed by atoms with Crippen LogP contribution in [0.2, 0.25) is 0 Å². The normalized spacial score (nSPS) is 13.5. The van der Waals surface area contributed by atoms with Crippen molar-refractivity contribution in [2.45, 2.75) is 51.2 Å². The fourth-order valence-electron chi connectivity index (χ4n) is 3.77. The van der Waals surface area contributed by atoms with E-state index in [2.05, 4.69) is 22.2 Å². The Morgan fingerprint density at radius 2 is 1.53 bits per heavy atom. The highest BCUT2D eigenvalue weighted by Crippen LogP contribution is 2.44. The number of hydrogen-bond acceptors (Lipinski definition) is 6. The van der Waals surface area contributed by atoms with Crippen molar-refractivity contribution in [1.82, 2.24) is 5.32 Å². The molecule has 1 amide bonds. The molecule has 0 radical (unpaired) electrons. The van der Waals surface area contributed by atoms with E-state index in [4.69, 9.17) is 9.47 Å². The molecule has 3 rings (SSSR count). The van der Waals surface area contributed by atoms with E-state index in [1.807, 2.05) is 36.4 Å². The number of methoxy groups -OCH3 is 1. The summed E-state index contributed by atoms with van der Waals surface area (Å²) in [5, 5.41) is 2.55. The second-order valence-corrected chi connectivity index (χ2v) is 8.67. The molecule has 1 atom stereocenters. The average molecular weight is 440 g/mol. The van der Waals surface area contributed by atoms with E-state index in [0.717, 1.165) is 22.3 Å². The van der Waals surface area contributed by atoms with Crippen LogP contribution in [0, 0.1) is 0 Å². The summed E-state index contributed by atoms with van der Waals surface area (Å²) in [4.78, 5) is 36.6. The van der Waals surface area contributed by atoms with Gasteiger partial charge in [-0.05, 0) is 49.4 Å². The molecule has 2 aromatic rings. The van der Waals surface area contributed by atoms with Crippen LogP contribution >= 0.6 is 0 Å². The number of benzene rings is 2. The zero-order valence-corrected chi connectivity index (χ0v) is 18.8. The first-order valence-corrected chi connectivity index (χ1v) is 10.6. The third-order valence-electron chi connectivity index (χ3n) is 5.19. The van der Waals surface area contributed by atoms with Crippen molar-refractivity contribution < 1.29 is 28.6 Å². The van der Waals surface area contributed by atoms with Crippen molar-refractivity contribution >= 4 is 18.0 Å². The van der Waals surface area contributed by atoms with Crippen LogP contribution in [-0.2, 0) is 23.8 Å². The monoisotopic (exact) mass is 439 g/mol. The molecule has 0 heterocycles. The largest absolute Gasteiger partial charge is 0.469 e. The van der Waals surface area contributed by atoms with E-state index in [1.165, 1.54) is 7.11 Å². The molecule has 0 bridgehead atoms. The summed E-state index contributed by atoms with van der Waals surface area (Å²) in [6.45, 7) is 5.32. The molecule has 170 valence electrons. The molecule has 7 nitrogen and oxygen atoms in total. The van der Waals surface area contributed by atoms with Gasteiger partial charge in [-0.2, -0.15) is 0 Å². The number of ether oxygens (including phenoxy) is 3. The number of rotatable bonds is 7. The van der Waals surface area contributed by atoms with Gasteiger partial charge in [0.15, 0.2) is 0 Å². The Labute approximate surface area is 188 Å². The first-order valence-electron chi connectivity index (χ1n) is 10.6. The molecule has 1 unspecified atom stereocenters. The van der Waals surface area contributed by atoms with Gasteiger partial charge in [0.2, 0.25) is 0 Å². The molecule has 0 spiro atoms. The number of carbonyl (C=O) groups is 3. The average Bonchev–Trinajstić information content (AvgIpc) is 3.07. The van der Waals surface area contributed by atoms with Crippen LogP contribution in [-0.4, -0.2) is 43.4 Å². The minimum absolute atomic E-state index is 0.0376. The SMILES string of the molecule is COC(=O)CCC(NC(=O)OCC1c2ccccc2-c2ccccc21)C(=O)OC(C)(C)C. The van der Waals surface area contributed by atoms with E-state index in [9.17, 15) is 14.4 Å². The van der Waals surface area contributed by atoms with Crippen LogP contribution < -0.4 is 5.32 Å². The van der Waals surface area contributed by atoms with Gasteiger partial charge in [0.1, 0.15) is 18.2 Å². The zero-order valence-electron chi connectivity index (χ0n) is 18.8. The molecule has 2 aromatic carbocycles. The Kier molecular flexibility index (Phi) is 7.18. The van der Waals surface area contributed by atoms with Gasteiger partial charge in [-0.15, -0.1) is 0 Å². The number of hydrogen-bond donors (Lipinski definition) is 1. The van der Waals surface area contributed by atoms with Gasteiger partial charge in [0.25, 0.3) is 0 Å². The predicted octanol–water partition coefficient (Wildman–Crippen LogP) is 4.19. The minimum atomic E-state index is -1.02. The van der Waals surface area contributed by atoms with E-state index < -0.39 is 29.7 Å². The maximum atomic E-state index is 12.6. The maximum Gasteiger partial charge on any atom is 0.407 e. The van der Waals surface area contributed by atoms with E-state index >= 15 is 0 Å². The Hall–Kier alpha value is -3.35. The summed E-state index contributed by atoms with van der Waals surface area (Å²) in [5.74, 6) is -1.20. The standard InChI is InChI=1S/C25H29NO6/c1-25(2,3)32-23(28)21(13-14-22(27)30-4)26-24(29)31-15-20-18-11-7-5-9-16(18)17-10-6-8-12-19(17)20/h5-12,20-21H,13-15H2,1-4H3,(H,26,29). The van der Waals surface area contributed by atoms with Crippen LogP contribution in [0.5, 0.6) is 0 Å². The van der Waals surface area contributed by atoms with Gasteiger partial charge in [-0.3, -0.25) is 4.79 Å². The van der Waals surface area contributed by atoms with E-state index in [1.54, 1.807) is 20.8 Å². The lowest BCUT2D eigenvalue weighted by Crippen LogP contribution is -2.45. The lowest BCUT2D eigenvalue weighted by molar-refractivity contribution is -0.157. The summed E-state index contributed by atoms with van der Waals surface area (Å²) < 4.78 is 15.5. The quantitative estimate of drug-likeness (QED) is 0.514. The number of fused-ring (bicyclic) bond motifs is 3. The summed E-state index contributed by atoms with van der Waals surface area (Å²) in [5.41, 5.74) is 3.71. The van der Waals surface area contributed by atoms with Crippen LogP contribution in [0.4, 0.5) is 4.79 Å². The number of nitrogens with one attached hydrogen (secondary N) is 1. The van der Waals surface area contributed by atoms with Crippen molar-refractivity contribution in [3.8, 4) is 11.1 Å². The molecule has 7 heteroatoms. The second kappa shape index (κ2) is 9.85. The molecule has 32 heavy (non-hydrogen) atoms. The Morgan fingerprint density at radius 1 is 0.969 bits per heavy atom. The van der Waals surface area contributed by atoms with Gasteiger partial charge in [-0.1, -0.05) is 48.5 Å². The molecule has 1 aliphatic rings. The fourth-order valence-corrected chi connectivity index (χ4v) is 3.77. The third kappa shape index (κ3) is 5.66. The summed E-state index contributed by atoms with van der Waals surface area (Å²) in [7, 11) is 1.27. The van der Waals surface area contributed by atoms with E-state index in [-0.39, 0.29) is 25.4 Å². The Morgan fingerprint density at radius 3 is 2.06 bits per heavy atom. The lowest BCUT2D eigenvalue weighted by Gasteiger charge is -2.24. The second-order valence-electron chi connectivity index (χ2n) is 8.67. The fraction of sp³-hybridized carbons (Fsp3) is 0.400. The first kappa shape index (κ1) is 23.3. The molecule has 0 saturated carbocycles. The molecule has 1 N–H and O–H groups in total. The summed E-state index contributed by atoms with van der Waals surface area (Å²) >= 11 is 0. The molecular weight excluding hydrogens is 410 g/mol. The van der Waals surface area contributed by atoms with Gasteiger partial charge in [-0.25, -0.2) is 9.59 Å². The molecule has 0 fully saturated rings. The van der Waals surface area contributed by atoms with Crippen molar-refractivity contribution in [3.63, 3.8) is 0 Å². The zero-order chi connectivity index (χ0) is 23.3. The first-order chi connectivity index (χ1) is 15.2. The lowest BCUT2D eigenvalue weighted by atomic mass is 9.98. The smallest absolute Gasteiger partial charge is 0.407 e. The molecule has 0 saturated heterocycles. The van der Waals surface area contributed by atoms with E-state index in [0.29, 0.717) is 0 Å². The molecule has 0 aromatic heterocycles. The van der Waals surface area contributed by atoms with Crippen LogP contribution in [0.3, 0.4) is 0 Å². The topological polar surface area (TPSA) is 90.9 Å². The highest BCUT2D eigenvalue weighted by molar-refractivity contribution is 5.83. The molecular formula is C25H29NO6. The number of amides is 1. The van der Waals surface area contributed by atoms with Gasteiger partial charge in [0, 0.05) is 12.3 Å². The number of esters is 2. The summed E-state index contributed by atoms with van der Waals surface area (Å²) in [6.07, 6.45) is -0.733. The maximum absolute atomic E-state index is 12.6. The highest BCUT2D eigenvalue weighted by Gasteiger charge is 2.31. The van der Waals surface area contributed by atoms with Crippen LogP contribution in [0.25, 0.3) is 11.1 Å². The molecule has 0 aliphatic heterocycles. The minimum Gasteiger partial charge on any atom is -0.469 e. The van der Waals surface area contributed by atoms with Crippen molar-refractivity contribution in [1.29, 1.82) is 0 Å². The van der Waals surface area contributed by atoms with Gasteiger partial charge >= 0.3 is 18.0 Å². The Balaban J connectivity index is 1.67. The third-order valence-corrected chi connectivity index (χ3v) is 5.19. The predicted molar refractivity (Wildman–Crippen MR) is 119 cm³/mol. The van der Waals surface area contributed by atoms with Crippen LogP contribution in [0.15, 0.2) is 48.5 Å². The number of carbonyl (C=O) groups excluding carboxylic acids is 3. The van der Waals surface area contributed by atoms with Crippen molar-refractivity contribution in [2.24, 2.45) is 0 Å². The van der Waals surface area contributed by atoms with Crippen molar-refractivity contribution in [2.75, 3.05) is 13.7 Å². The van der Waals surface area contributed by atoms with Crippen molar-refractivity contribution in [3.05, 3.63) is 59.7 Å². The van der Waals surface area contributed by atoms with Gasteiger partial charge in [0.05, 0.1) is 7.11 Å². The van der Waals surface area contributed by atoms with Crippen LogP contribution in [0.1, 0.15) is 50.7 Å². The highest BCUT2D eigenvalue weighted by atomic mass is 16.6. The summed E-state index contributed by atoms with van der Waals surface area (Å²) in [6, 6.07) is 15.0.